The highest BCUT2D eigenvalue weighted by molar-refractivity contribution is 5.81. The van der Waals surface area contributed by atoms with E-state index in [1.165, 1.54) is 36.8 Å². The molecule has 0 radical (unpaired) electrons. The van der Waals surface area contributed by atoms with Crippen LogP contribution in [0.15, 0.2) is 6.20 Å². The molecule has 7 heteroatoms. The Kier molecular flexibility index (Phi) is 4.40. The van der Waals surface area contributed by atoms with E-state index in [9.17, 15) is 9.59 Å². The zero-order chi connectivity index (χ0) is 15.5. The van der Waals surface area contributed by atoms with E-state index in [1.807, 2.05) is 0 Å². The molecule has 22 heavy (non-hydrogen) atoms. The third kappa shape index (κ3) is 3.64. The van der Waals surface area contributed by atoms with Gasteiger partial charge in [-0.2, -0.15) is 0 Å². The largest absolute Gasteiger partial charge is 0.480 e. The van der Waals surface area contributed by atoms with Gasteiger partial charge in [0, 0.05) is 5.92 Å². The number of nitrogens with zero attached hydrogens (tertiary/aromatic N) is 3. The van der Waals surface area contributed by atoms with Gasteiger partial charge in [-0.3, -0.25) is 9.59 Å². The van der Waals surface area contributed by atoms with E-state index in [1.54, 1.807) is 6.20 Å². The summed E-state index contributed by atoms with van der Waals surface area (Å²) < 4.78 is 1.26. The highest BCUT2D eigenvalue weighted by Crippen LogP contribution is 2.49. The van der Waals surface area contributed by atoms with Crippen molar-refractivity contribution in [2.45, 2.75) is 51.6 Å². The second-order valence-corrected chi connectivity index (χ2v) is 6.42. The predicted octanol–water partition coefficient (Wildman–Crippen LogP) is 1.20. The van der Waals surface area contributed by atoms with Crippen molar-refractivity contribution in [3.8, 4) is 0 Å². The van der Waals surface area contributed by atoms with Crippen LogP contribution < -0.4 is 5.32 Å². The lowest BCUT2D eigenvalue weighted by molar-refractivity contribution is -0.138. The summed E-state index contributed by atoms with van der Waals surface area (Å²) in [5.74, 6) is 0.609. The maximum atomic E-state index is 12.2. The topological polar surface area (TPSA) is 97.1 Å². The average molecular weight is 306 g/mol. The Balaban J connectivity index is 1.43. The summed E-state index contributed by atoms with van der Waals surface area (Å²) in [5.41, 5.74) is 0.587. The molecule has 7 nitrogen and oxygen atoms in total. The standard InChI is InChI=1S/C15H22N4O3/c20-14(21)9-19-8-11(17-18-19)7-16-15(22)13-6-12(13)10-4-2-1-3-5-10/h8,10,12-13H,1-7,9H2,(H,16,22)(H,20,21). The maximum absolute atomic E-state index is 12.2. The summed E-state index contributed by atoms with van der Waals surface area (Å²) >= 11 is 0. The van der Waals surface area contributed by atoms with Crippen molar-refractivity contribution in [2.24, 2.45) is 17.8 Å². The zero-order valence-electron chi connectivity index (χ0n) is 12.6. The summed E-state index contributed by atoms with van der Waals surface area (Å²) in [6, 6.07) is 0. The number of amides is 1. The van der Waals surface area contributed by atoms with E-state index < -0.39 is 5.97 Å². The molecule has 2 saturated carbocycles. The minimum absolute atomic E-state index is 0.100. The SMILES string of the molecule is O=C(O)Cn1cc(CNC(=O)C2CC2C2CCCCC2)nn1. The molecule has 2 atom stereocenters. The van der Waals surface area contributed by atoms with Gasteiger partial charge in [0.1, 0.15) is 12.2 Å². The van der Waals surface area contributed by atoms with Crippen LogP contribution in [-0.2, 0) is 22.7 Å². The predicted molar refractivity (Wildman–Crippen MR) is 77.7 cm³/mol. The van der Waals surface area contributed by atoms with Crippen LogP contribution >= 0.6 is 0 Å². The van der Waals surface area contributed by atoms with Gasteiger partial charge in [-0.15, -0.1) is 5.10 Å². The van der Waals surface area contributed by atoms with Crippen LogP contribution in [0.25, 0.3) is 0 Å². The van der Waals surface area contributed by atoms with Gasteiger partial charge in [0.2, 0.25) is 5.91 Å². The number of hydrogen-bond donors (Lipinski definition) is 2. The number of carbonyl (C=O) groups is 2. The smallest absolute Gasteiger partial charge is 0.325 e. The second-order valence-electron chi connectivity index (χ2n) is 6.42. The number of aliphatic carboxylic acids is 1. The van der Waals surface area contributed by atoms with E-state index in [-0.39, 0.29) is 18.4 Å². The fourth-order valence-corrected chi connectivity index (χ4v) is 3.54. The number of carbonyl (C=O) groups excluding carboxylic acids is 1. The molecule has 2 aliphatic carbocycles. The highest BCUT2D eigenvalue weighted by atomic mass is 16.4. The fourth-order valence-electron chi connectivity index (χ4n) is 3.54. The molecule has 2 unspecified atom stereocenters. The molecule has 3 rings (SSSR count). The van der Waals surface area contributed by atoms with Crippen LogP contribution in [0, 0.1) is 17.8 Å². The first-order valence-electron chi connectivity index (χ1n) is 8.02. The van der Waals surface area contributed by atoms with Crippen molar-refractivity contribution < 1.29 is 14.7 Å². The summed E-state index contributed by atoms with van der Waals surface area (Å²) in [6.07, 6.45) is 9.08. The normalized spacial score (nSPS) is 24.9. The number of carboxylic acid groups (broad SMARTS) is 1. The summed E-state index contributed by atoms with van der Waals surface area (Å²) in [4.78, 5) is 22.7. The molecule has 2 fully saturated rings. The van der Waals surface area contributed by atoms with Gasteiger partial charge < -0.3 is 10.4 Å². The molecule has 2 N–H and O–H groups in total. The van der Waals surface area contributed by atoms with Crippen LogP contribution in [0.4, 0.5) is 0 Å². The lowest BCUT2D eigenvalue weighted by atomic mass is 9.85. The number of rotatable bonds is 6. The monoisotopic (exact) mass is 306 g/mol. The minimum Gasteiger partial charge on any atom is -0.480 e. The Labute approximate surface area is 129 Å². The molecule has 0 bridgehead atoms. The number of aromatic nitrogens is 3. The number of nitrogens with one attached hydrogen (secondary N) is 1. The Hall–Kier alpha value is -1.92. The molecule has 0 saturated heterocycles. The van der Waals surface area contributed by atoms with Crippen molar-refractivity contribution >= 4 is 11.9 Å². The lowest BCUT2D eigenvalue weighted by Gasteiger charge is -2.21. The Morgan fingerprint density at radius 3 is 2.82 bits per heavy atom. The molecule has 120 valence electrons. The van der Waals surface area contributed by atoms with Crippen molar-refractivity contribution in [2.75, 3.05) is 0 Å². The van der Waals surface area contributed by atoms with Gasteiger partial charge in [0.25, 0.3) is 0 Å². The molecule has 0 aliphatic heterocycles. The molecule has 0 aromatic carbocycles. The van der Waals surface area contributed by atoms with E-state index in [4.69, 9.17) is 5.11 Å². The van der Waals surface area contributed by atoms with Gasteiger partial charge in [-0.1, -0.05) is 37.3 Å². The first kappa shape index (κ1) is 15.0. The summed E-state index contributed by atoms with van der Waals surface area (Å²) in [7, 11) is 0. The molecule has 2 aliphatic rings. The van der Waals surface area contributed by atoms with Crippen molar-refractivity contribution in [1.82, 2.24) is 20.3 Å². The molecule has 1 aromatic heterocycles. The summed E-state index contributed by atoms with van der Waals surface area (Å²) in [6.45, 7) is 0.0969. The Bertz CT molecular complexity index is 551. The molecule has 1 aromatic rings. The second kappa shape index (κ2) is 6.46. The lowest BCUT2D eigenvalue weighted by Crippen LogP contribution is -2.26. The summed E-state index contributed by atoms with van der Waals surface area (Å²) in [5, 5.41) is 19.1. The van der Waals surface area contributed by atoms with Crippen LogP contribution in [-0.4, -0.2) is 32.0 Å². The van der Waals surface area contributed by atoms with Crippen molar-refractivity contribution in [3.05, 3.63) is 11.9 Å². The van der Waals surface area contributed by atoms with Crippen molar-refractivity contribution in [3.63, 3.8) is 0 Å². The van der Waals surface area contributed by atoms with Gasteiger partial charge in [0.05, 0.1) is 12.7 Å². The third-order valence-corrected chi connectivity index (χ3v) is 4.76. The first-order valence-corrected chi connectivity index (χ1v) is 8.02. The zero-order valence-corrected chi connectivity index (χ0v) is 12.6. The third-order valence-electron chi connectivity index (χ3n) is 4.76. The van der Waals surface area contributed by atoms with Crippen LogP contribution in [0.2, 0.25) is 0 Å². The average Bonchev–Trinajstić information content (AvgIpc) is 3.20. The van der Waals surface area contributed by atoms with Gasteiger partial charge >= 0.3 is 5.97 Å². The van der Waals surface area contributed by atoms with Gasteiger partial charge in [-0.05, 0) is 18.3 Å². The number of carboxylic acids is 1. The Morgan fingerprint density at radius 2 is 2.09 bits per heavy atom. The fraction of sp³-hybridized carbons (Fsp3) is 0.733. The van der Waals surface area contributed by atoms with Crippen LogP contribution in [0.5, 0.6) is 0 Å². The molecule has 1 amide bonds. The minimum atomic E-state index is -0.964. The van der Waals surface area contributed by atoms with Crippen LogP contribution in [0.3, 0.4) is 0 Å². The van der Waals surface area contributed by atoms with E-state index in [0.717, 1.165) is 12.3 Å². The van der Waals surface area contributed by atoms with Gasteiger partial charge in [0.15, 0.2) is 0 Å². The molecule has 0 spiro atoms. The maximum Gasteiger partial charge on any atom is 0.325 e. The van der Waals surface area contributed by atoms with E-state index >= 15 is 0 Å². The quantitative estimate of drug-likeness (QED) is 0.823. The molecular formula is C15H22N4O3. The Morgan fingerprint density at radius 1 is 1.32 bits per heavy atom. The van der Waals surface area contributed by atoms with Gasteiger partial charge in [-0.25, -0.2) is 4.68 Å². The van der Waals surface area contributed by atoms with Crippen molar-refractivity contribution in [1.29, 1.82) is 0 Å². The first-order chi connectivity index (χ1) is 10.6. The van der Waals surface area contributed by atoms with E-state index in [2.05, 4.69) is 15.6 Å². The molecular weight excluding hydrogens is 284 g/mol. The molecule has 1 heterocycles. The number of hydrogen-bond acceptors (Lipinski definition) is 4. The van der Waals surface area contributed by atoms with E-state index in [0.29, 0.717) is 18.2 Å². The van der Waals surface area contributed by atoms with Crippen LogP contribution in [0.1, 0.15) is 44.2 Å². The highest BCUT2D eigenvalue weighted by Gasteiger charge is 2.47.